The summed E-state index contributed by atoms with van der Waals surface area (Å²) in [6.45, 7) is 3.41. The quantitative estimate of drug-likeness (QED) is 0.523. The average molecular weight is 484 g/mol. The van der Waals surface area contributed by atoms with E-state index in [9.17, 15) is 14.4 Å². The number of nitrogens with two attached hydrogens (primary N) is 1. The molecule has 2 aliphatic rings. The molecule has 1 fully saturated rings. The number of hydrogen-bond donors (Lipinski definition) is 3. The Morgan fingerprint density at radius 3 is 2.66 bits per heavy atom. The number of nitrogens with zero attached hydrogens (tertiary/aromatic N) is 4. The lowest BCUT2D eigenvalue weighted by molar-refractivity contribution is -0.138. The van der Waals surface area contributed by atoms with Gasteiger partial charge in [0, 0.05) is 43.3 Å². The molecule has 0 saturated heterocycles. The molecule has 32 heavy (non-hydrogen) atoms. The van der Waals surface area contributed by atoms with Gasteiger partial charge in [0.25, 0.3) is 5.91 Å². The molecule has 2 aromatic heterocycles. The highest BCUT2D eigenvalue weighted by molar-refractivity contribution is 7.13. The molecule has 0 unspecified atom stereocenters. The van der Waals surface area contributed by atoms with E-state index < -0.39 is 23.9 Å². The molecule has 3 amide bonds. The highest BCUT2D eigenvalue weighted by Crippen LogP contribution is 2.32. The van der Waals surface area contributed by atoms with Gasteiger partial charge in [-0.25, -0.2) is 4.98 Å². The second-order valence-electron chi connectivity index (χ2n) is 8.08. The van der Waals surface area contributed by atoms with Gasteiger partial charge in [0.1, 0.15) is 0 Å². The van der Waals surface area contributed by atoms with Gasteiger partial charge in [-0.15, -0.1) is 23.7 Å². The highest BCUT2D eigenvalue weighted by Gasteiger charge is 2.36. The molecule has 0 bridgehead atoms. The van der Waals surface area contributed by atoms with Crippen LogP contribution in [0.4, 0.5) is 0 Å². The summed E-state index contributed by atoms with van der Waals surface area (Å²) < 4.78 is 5.09. The van der Waals surface area contributed by atoms with Crippen molar-refractivity contribution in [1.82, 2.24) is 30.7 Å². The van der Waals surface area contributed by atoms with Gasteiger partial charge in [0.05, 0.1) is 11.7 Å². The lowest BCUT2D eigenvalue weighted by Gasteiger charge is -2.35. The molecule has 1 aliphatic heterocycles. The van der Waals surface area contributed by atoms with E-state index in [0.29, 0.717) is 36.0 Å². The van der Waals surface area contributed by atoms with Crippen molar-refractivity contribution in [2.45, 2.75) is 57.2 Å². The Labute approximate surface area is 194 Å². The van der Waals surface area contributed by atoms with Crippen LogP contribution in [0.5, 0.6) is 0 Å². The molecule has 0 radical (unpaired) electrons. The van der Waals surface area contributed by atoms with Gasteiger partial charge in [-0.05, 0) is 26.3 Å². The topological polar surface area (TPSA) is 156 Å². The molecule has 13 heteroatoms. The van der Waals surface area contributed by atoms with Gasteiger partial charge < -0.3 is 25.8 Å². The summed E-state index contributed by atoms with van der Waals surface area (Å²) in [6.07, 6.45) is 2.51. The molecule has 1 aliphatic carbocycles. The van der Waals surface area contributed by atoms with Gasteiger partial charge in [0.2, 0.25) is 5.89 Å². The number of primary amides is 1. The molecule has 174 valence electrons. The predicted octanol–water partition coefficient (Wildman–Crippen LogP) is 0.280. The molecule has 1 saturated carbocycles. The minimum Gasteiger partial charge on any atom is -0.361 e. The maximum atomic E-state index is 13.0. The van der Waals surface area contributed by atoms with E-state index in [0.717, 1.165) is 30.1 Å². The standard InChI is InChI=1S/C19H25N7O4S.ClH/c1-9-21-16(25-30-9)10-3-4-11(22-17(28)15(20)27)13(7-10)23-18(29)19-24-12-5-6-26(2)8-14(12)31-19;/h10-11,13H,3-8H2,1-2H3,(H2,20,27)(H,22,28)(H,23,29);1H/t10-,11-,13+;/m0./s1. The van der Waals surface area contributed by atoms with E-state index in [2.05, 4.69) is 30.7 Å². The van der Waals surface area contributed by atoms with E-state index >= 15 is 0 Å². The molecule has 4 N–H and O–H groups in total. The third kappa shape index (κ3) is 5.25. The van der Waals surface area contributed by atoms with Crippen LogP contribution in [0.2, 0.25) is 0 Å². The van der Waals surface area contributed by atoms with Crippen LogP contribution < -0.4 is 16.4 Å². The molecular weight excluding hydrogens is 458 g/mol. The van der Waals surface area contributed by atoms with Crippen LogP contribution >= 0.6 is 23.7 Å². The fourth-order valence-electron chi connectivity index (χ4n) is 4.11. The van der Waals surface area contributed by atoms with E-state index in [1.54, 1.807) is 6.92 Å². The van der Waals surface area contributed by atoms with Gasteiger partial charge in [-0.3, -0.25) is 14.4 Å². The number of hydrogen-bond acceptors (Lipinski definition) is 9. The van der Waals surface area contributed by atoms with Crippen molar-refractivity contribution >= 4 is 41.5 Å². The second-order valence-corrected chi connectivity index (χ2v) is 9.17. The Bertz CT molecular complexity index is 1010. The summed E-state index contributed by atoms with van der Waals surface area (Å²) in [5.41, 5.74) is 6.06. The Kier molecular flexibility index (Phi) is 7.47. The Morgan fingerprint density at radius 2 is 1.97 bits per heavy atom. The molecule has 0 spiro atoms. The lowest BCUT2D eigenvalue weighted by atomic mass is 9.81. The zero-order valence-electron chi connectivity index (χ0n) is 17.8. The Morgan fingerprint density at radius 1 is 1.19 bits per heavy atom. The van der Waals surface area contributed by atoms with Crippen LogP contribution in [0.15, 0.2) is 4.52 Å². The first-order valence-electron chi connectivity index (χ1n) is 10.2. The first-order chi connectivity index (χ1) is 14.8. The van der Waals surface area contributed by atoms with Gasteiger partial charge in [-0.2, -0.15) is 4.98 Å². The third-order valence-corrected chi connectivity index (χ3v) is 6.81. The Hall–Kier alpha value is -2.57. The number of fused-ring (bicyclic) bond motifs is 1. The number of nitrogens with one attached hydrogen (secondary N) is 2. The van der Waals surface area contributed by atoms with Crippen molar-refractivity contribution in [2.24, 2.45) is 5.73 Å². The first kappa shape index (κ1) is 24.1. The zero-order chi connectivity index (χ0) is 22.1. The van der Waals surface area contributed by atoms with Gasteiger partial charge >= 0.3 is 11.8 Å². The summed E-state index contributed by atoms with van der Waals surface area (Å²) in [5, 5.41) is 10.0. The summed E-state index contributed by atoms with van der Waals surface area (Å²) in [7, 11) is 2.04. The fourth-order valence-corrected chi connectivity index (χ4v) is 5.20. The molecule has 2 aromatic rings. The van der Waals surface area contributed by atoms with Crippen LogP contribution in [0.3, 0.4) is 0 Å². The molecule has 3 heterocycles. The van der Waals surface area contributed by atoms with E-state index in [1.165, 1.54) is 11.3 Å². The number of carbonyl (C=O) groups is 3. The predicted molar refractivity (Wildman–Crippen MR) is 117 cm³/mol. The van der Waals surface area contributed by atoms with Crippen LogP contribution in [0.25, 0.3) is 0 Å². The monoisotopic (exact) mass is 483 g/mol. The van der Waals surface area contributed by atoms with Crippen LogP contribution in [-0.4, -0.2) is 63.4 Å². The third-order valence-electron chi connectivity index (χ3n) is 5.73. The number of thiazole rings is 1. The van der Waals surface area contributed by atoms with E-state index in [1.807, 2.05) is 7.05 Å². The number of halogens is 1. The normalized spacial score (nSPS) is 23.0. The fraction of sp³-hybridized carbons (Fsp3) is 0.579. The second kappa shape index (κ2) is 9.92. The van der Waals surface area contributed by atoms with Gasteiger partial charge in [-0.1, -0.05) is 5.16 Å². The number of rotatable bonds is 4. The number of amides is 3. The molecular formula is C19H26ClN7O4S. The maximum absolute atomic E-state index is 13.0. The van der Waals surface area contributed by atoms with Crippen molar-refractivity contribution in [1.29, 1.82) is 0 Å². The molecule has 0 aromatic carbocycles. The van der Waals surface area contributed by atoms with E-state index in [4.69, 9.17) is 10.3 Å². The van der Waals surface area contributed by atoms with Crippen molar-refractivity contribution < 1.29 is 18.9 Å². The van der Waals surface area contributed by atoms with Crippen LogP contribution in [0.1, 0.15) is 57.3 Å². The largest absolute Gasteiger partial charge is 0.361 e. The molecule has 4 rings (SSSR count). The van der Waals surface area contributed by atoms with Crippen molar-refractivity contribution in [3.05, 3.63) is 27.3 Å². The minimum atomic E-state index is -1.06. The van der Waals surface area contributed by atoms with Crippen molar-refractivity contribution in [3.63, 3.8) is 0 Å². The molecule has 3 atom stereocenters. The zero-order valence-corrected chi connectivity index (χ0v) is 19.4. The van der Waals surface area contributed by atoms with Crippen molar-refractivity contribution in [2.75, 3.05) is 13.6 Å². The number of likely N-dealkylation sites (N-methyl/N-ethyl adjacent to an activating group) is 1. The number of carbonyl (C=O) groups excluding carboxylic acids is 3. The first-order valence-corrected chi connectivity index (χ1v) is 11.0. The number of aryl methyl sites for hydroxylation is 1. The average Bonchev–Trinajstić information content (AvgIpc) is 3.35. The maximum Gasteiger partial charge on any atom is 0.309 e. The smallest absolute Gasteiger partial charge is 0.309 e. The van der Waals surface area contributed by atoms with Crippen LogP contribution in [0, 0.1) is 6.92 Å². The van der Waals surface area contributed by atoms with E-state index in [-0.39, 0.29) is 24.2 Å². The lowest BCUT2D eigenvalue weighted by Crippen LogP contribution is -2.56. The molecule has 11 nitrogen and oxygen atoms in total. The summed E-state index contributed by atoms with van der Waals surface area (Å²) in [5.74, 6) is -1.22. The van der Waals surface area contributed by atoms with Gasteiger partial charge in [0.15, 0.2) is 10.8 Å². The summed E-state index contributed by atoms with van der Waals surface area (Å²) in [6, 6.07) is -0.870. The van der Waals surface area contributed by atoms with Crippen molar-refractivity contribution in [3.8, 4) is 0 Å². The summed E-state index contributed by atoms with van der Waals surface area (Å²) >= 11 is 1.39. The minimum absolute atomic E-state index is 0. The van der Waals surface area contributed by atoms with Crippen LogP contribution in [-0.2, 0) is 22.6 Å². The number of aromatic nitrogens is 3. The summed E-state index contributed by atoms with van der Waals surface area (Å²) in [4.78, 5) is 48.2. The SMILES string of the molecule is Cc1nc([C@H]2CC[C@H](NC(=O)C(N)=O)[C@H](NC(=O)c3nc4c(s3)CN(C)CC4)C2)no1.Cl. The highest BCUT2D eigenvalue weighted by atomic mass is 35.5. The Balaban J connectivity index is 0.00000289.